The fourth-order valence-corrected chi connectivity index (χ4v) is 4.39. The third-order valence-corrected chi connectivity index (χ3v) is 6.85. The Balaban J connectivity index is 1.59. The number of carbonyl (C=O) groups excluding carboxylic acids is 2. The van der Waals surface area contributed by atoms with Gasteiger partial charge in [0.1, 0.15) is 6.54 Å². The molecule has 0 radical (unpaired) electrons. The van der Waals surface area contributed by atoms with Crippen molar-refractivity contribution in [1.82, 2.24) is 9.91 Å². The van der Waals surface area contributed by atoms with Crippen molar-refractivity contribution in [3.63, 3.8) is 0 Å². The maximum absolute atomic E-state index is 13.5. The monoisotopic (exact) mass is 447 g/mol. The van der Waals surface area contributed by atoms with E-state index in [2.05, 4.69) is 32.0 Å². The molecule has 6 nitrogen and oxygen atoms in total. The molecule has 1 aliphatic heterocycles. The number of benzene rings is 2. The zero-order chi connectivity index (χ0) is 23.4. The molecule has 0 spiro atoms. The number of methoxy groups -OCH3 is 1. The predicted octanol–water partition coefficient (Wildman–Crippen LogP) is 4.26. The van der Waals surface area contributed by atoms with Crippen LogP contribution in [0.3, 0.4) is 0 Å². The first-order valence-corrected chi connectivity index (χ1v) is 11.8. The molecular formula is C27H33N3O3. The highest BCUT2D eigenvalue weighted by atomic mass is 16.5. The fourth-order valence-electron chi connectivity index (χ4n) is 4.39. The Labute approximate surface area is 196 Å². The van der Waals surface area contributed by atoms with Crippen LogP contribution in [0.2, 0.25) is 0 Å². The van der Waals surface area contributed by atoms with Gasteiger partial charge in [0.25, 0.3) is 5.91 Å². The van der Waals surface area contributed by atoms with E-state index in [4.69, 9.17) is 9.84 Å². The van der Waals surface area contributed by atoms with E-state index in [0.29, 0.717) is 19.6 Å². The number of hydrazone groups is 1. The maximum Gasteiger partial charge on any atom is 0.262 e. The number of carbonyl (C=O) groups is 2. The van der Waals surface area contributed by atoms with Crippen molar-refractivity contribution >= 4 is 17.5 Å². The first kappa shape index (κ1) is 23.2. The first-order valence-electron chi connectivity index (χ1n) is 11.8. The lowest BCUT2D eigenvalue weighted by Crippen LogP contribution is -2.46. The number of aryl methyl sites for hydroxylation is 2. The molecule has 2 aliphatic rings. The van der Waals surface area contributed by atoms with Crippen LogP contribution in [0, 0.1) is 19.8 Å². The van der Waals surface area contributed by atoms with Gasteiger partial charge in [0.2, 0.25) is 5.91 Å². The van der Waals surface area contributed by atoms with E-state index in [1.807, 2.05) is 30.3 Å². The van der Waals surface area contributed by atoms with Gasteiger partial charge in [-0.05, 0) is 55.0 Å². The second kappa shape index (κ2) is 10.3. The predicted molar refractivity (Wildman–Crippen MR) is 129 cm³/mol. The fraction of sp³-hybridized carbons (Fsp3) is 0.444. The van der Waals surface area contributed by atoms with Crippen molar-refractivity contribution < 1.29 is 14.3 Å². The molecule has 1 fully saturated rings. The van der Waals surface area contributed by atoms with Gasteiger partial charge >= 0.3 is 0 Å². The zero-order valence-electron chi connectivity index (χ0n) is 19.8. The SMILES string of the molecule is COCCN(CC(=O)N1N=C(c2ccc(C)c(C)c2)C[C@@H]1c1ccccc1)C(=O)C1CCC1. The topological polar surface area (TPSA) is 62.2 Å². The van der Waals surface area contributed by atoms with Crippen LogP contribution in [0.5, 0.6) is 0 Å². The molecule has 1 saturated carbocycles. The molecule has 1 aliphatic carbocycles. The van der Waals surface area contributed by atoms with Crippen molar-refractivity contribution in [1.29, 1.82) is 0 Å². The van der Waals surface area contributed by atoms with Gasteiger partial charge in [0, 0.05) is 26.0 Å². The summed E-state index contributed by atoms with van der Waals surface area (Å²) in [6.07, 6.45) is 3.53. The Morgan fingerprint density at radius 2 is 1.85 bits per heavy atom. The molecule has 0 bridgehead atoms. The summed E-state index contributed by atoms with van der Waals surface area (Å²) in [4.78, 5) is 28.1. The molecule has 1 atom stereocenters. The van der Waals surface area contributed by atoms with Gasteiger partial charge in [-0.25, -0.2) is 5.01 Å². The van der Waals surface area contributed by atoms with E-state index >= 15 is 0 Å². The summed E-state index contributed by atoms with van der Waals surface area (Å²) >= 11 is 0. The van der Waals surface area contributed by atoms with Gasteiger partial charge < -0.3 is 9.64 Å². The quantitative estimate of drug-likeness (QED) is 0.608. The Bertz CT molecular complexity index is 1030. The summed E-state index contributed by atoms with van der Waals surface area (Å²) in [5.41, 5.74) is 5.41. The lowest BCUT2D eigenvalue weighted by Gasteiger charge is -2.32. The Morgan fingerprint density at radius 1 is 1.09 bits per heavy atom. The molecule has 6 heteroatoms. The van der Waals surface area contributed by atoms with Crippen LogP contribution in [0.25, 0.3) is 0 Å². The minimum Gasteiger partial charge on any atom is -0.383 e. The van der Waals surface area contributed by atoms with E-state index in [0.717, 1.165) is 36.1 Å². The minimum absolute atomic E-state index is 0.0196. The second-order valence-corrected chi connectivity index (χ2v) is 9.10. The molecule has 2 aromatic carbocycles. The Kier molecular flexibility index (Phi) is 7.23. The van der Waals surface area contributed by atoms with Crippen LogP contribution >= 0.6 is 0 Å². The van der Waals surface area contributed by atoms with E-state index in [9.17, 15) is 9.59 Å². The van der Waals surface area contributed by atoms with Crippen LogP contribution in [-0.4, -0.2) is 54.2 Å². The summed E-state index contributed by atoms with van der Waals surface area (Å²) < 4.78 is 5.20. The van der Waals surface area contributed by atoms with E-state index < -0.39 is 0 Å². The van der Waals surface area contributed by atoms with Gasteiger partial charge in [-0.1, -0.05) is 48.9 Å². The standard InChI is InChI=1S/C27H33N3O3/c1-19-12-13-23(16-20(19)2)24-17-25(21-8-5-4-6-9-21)30(28-24)26(31)18-29(14-15-33-3)27(32)22-10-7-11-22/h4-6,8-9,12-13,16,22,25H,7,10-11,14-15,17-18H2,1-3H3/t25-/m1/s1. The number of hydrogen-bond donors (Lipinski definition) is 0. The largest absolute Gasteiger partial charge is 0.383 e. The van der Waals surface area contributed by atoms with Crippen LogP contribution in [0.1, 0.15) is 54.0 Å². The second-order valence-electron chi connectivity index (χ2n) is 9.10. The first-order chi connectivity index (χ1) is 16.0. The lowest BCUT2D eigenvalue weighted by molar-refractivity contribution is -0.146. The van der Waals surface area contributed by atoms with Crippen molar-refractivity contribution in [2.24, 2.45) is 11.0 Å². The summed E-state index contributed by atoms with van der Waals surface area (Å²) in [6.45, 7) is 5.02. The normalized spacial score (nSPS) is 18.1. The van der Waals surface area contributed by atoms with Gasteiger partial charge in [-0.15, -0.1) is 0 Å². The van der Waals surface area contributed by atoms with Gasteiger partial charge in [-0.2, -0.15) is 5.10 Å². The minimum atomic E-state index is -0.182. The average Bonchev–Trinajstić information content (AvgIpc) is 3.23. The molecule has 1 heterocycles. The highest BCUT2D eigenvalue weighted by molar-refractivity contribution is 6.03. The van der Waals surface area contributed by atoms with Crippen molar-refractivity contribution in [3.8, 4) is 0 Å². The molecule has 174 valence electrons. The van der Waals surface area contributed by atoms with E-state index in [1.165, 1.54) is 11.1 Å². The number of nitrogens with zero attached hydrogens (tertiary/aromatic N) is 3. The summed E-state index contributed by atoms with van der Waals surface area (Å²) in [7, 11) is 1.61. The van der Waals surface area contributed by atoms with Gasteiger partial charge in [0.05, 0.1) is 18.4 Å². The summed E-state index contributed by atoms with van der Waals surface area (Å²) in [6, 6.07) is 16.1. The smallest absolute Gasteiger partial charge is 0.262 e. The molecule has 0 unspecified atom stereocenters. The van der Waals surface area contributed by atoms with Crippen LogP contribution < -0.4 is 0 Å². The molecule has 0 N–H and O–H groups in total. The van der Waals surface area contributed by atoms with E-state index in [1.54, 1.807) is 17.0 Å². The van der Waals surface area contributed by atoms with Crippen molar-refractivity contribution in [3.05, 3.63) is 70.8 Å². The molecule has 0 aromatic heterocycles. The van der Waals surface area contributed by atoms with Crippen molar-refractivity contribution in [2.45, 2.75) is 45.6 Å². The Morgan fingerprint density at radius 3 is 2.48 bits per heavy atom. The van der Waals surface area contributed by atoms with Crippen molar-refractivity contribution in [2.75, 3.05) is 26.8 Å². The molecule has 4 rings (SSSR count). The number of ether oxygens (including phenoxy) is 1. The summed E-state index contributed by atoms with van der Waals surface area (Å²) in [5.74, 6) is -0.0697. The maximum atomic E-state index is 13.5. The number of hydrogen-bond acceptors (Lipinski definition) is 4. The third-order valence-electron chi connectivity index (χ3n) is 6.85. The lowest BCUT2D eigenvalue weighted by atomic mass is 9.84. The number of rotatable bonds is 8. The van der Waals surface area contributed by atoms with Gasteiger partial charge in [-0.3, -0.25) is 9.59 Å². The average molecular weight is 448 g/mol. The Hall–Kier alpha value is -2.99. The number of amides is 2. The molecule has 2 aromatic rings. The van der Waals surface area contributed by atoms with Crippen LogP contribution in [0.15, 0.2) is 53.6 Å². The molecule has 2 amide bonds. The van der Waals surface area contributed by atoms with Gasteiger partial charge in [0.15, 0.2) is 0 Å². The molecule has 0 saturated heterocycles. The third kappa shape index (κ3) is 5.17. The van der Waals surface area contributed by atoms with Crippen LogP contribution in [-0.2, 0) is 14.3 Å². The zero-order valence-corrected chi connectivity index (χ0v) is 19.8. The molecule has 33 heavy (non-hydrogen) atoms. The van der Waals surface area contributed by atoms with Crippen LogP contribution in [0.4, 0.5) is 0 Å². The molecular weight excluding hydrogens is 414 g/mol. The highest BCUT2D eigenvalue weighted by Crippen LogP contribution is 2.34. The highest BCUT2D eigenvalue weighted by Gasteiger charge is 2.36. The summed E-state index contributed by atoms with van der Waals surface area (Å²) in [5, 5.41) is 6.38. The van der Waals surface area contributed by atoms with E-state index in [-0.39, 0.29) is 30.3 Å².